The molecule has 2 fully saturated rings. The Labute approximate surface area is 167 Å². The molecule has 1 saturated heterocycles. The van der Waals surface area contributed by atoms with Gasteiger partial charge in [-0.15, -0.1) is 0 Å². The number of halogens is 2. The van der Waals surface area contributed by atoms with Gasteiger partial charge in [0.25, 0.3) is 0 Å². The minimum atomic E-state index is -0.688. The van der Waals surface area contributed by atoms with Crippen LogP contribution in [-0.2, 0) is 16.0 Å². The van der Waals surface area contributed by atoms with Gasteiger partial charge in [0.1, 0.15) is 18.2 Å². The molecule has 29 heavy (non-hydrogen) atoms. The minimum absolute atomic E-state index is 0.128. The number of imide groups is 1. The van der Waals surface area contributed by atoms with E-state index >= 15 is 0 Å². The summed E-state index contributed by atoms with van der Waals surface area (Å²) in [5.74, 6) is -2.86. The van der Waals surface area contributed by atoms with Crippen molar-refractivity contribution in [3.63, 3.8) is 0 Å². The first-order chi connectivity index (χ1) is 13.9. The van der Waals surface area contributed by atoms with Crippen LogP contribution < -0.4 is 0 Å². The molecule has 150 valence electrons. The monoisotopic (exact) mass is 397 g/mol. The van der Waals surface area contributed by atoms with Crippen molar-refractivity contribution in [3.8, 4) is 0 Å². The van der Waals surface area contributed by atoms with Crippen LogP contribution in [0.2, 0.25) is 0 Å². The maximum Gasteiger partial charge on any atom is 0.416 e. The third-order valence-electron chi connectivity index (χ3n) is 5.69. The predicted octanol–water partition coefficient (Wildman–Crippen LogP) is 4.60. The molecular formula is C23H21F2NO3. The van der Waals surface area contributed by atoms with Crippen molar-refractivity contribution in [1.29, 1.82) is 0 Å². The molecule has 6 heteroatoms. The van der Waals surface area contributed by atoms with Gasteiger partial charge in [-0.3, -0.25) is 4.79 Å². The summed E-state index contributed by atoms with van der Waals surface area (Å²) in [4.78, 5) is 26.9. The Morgan fingerprint density at radius 1 is 1.14 bits per heavy atom. The first kappa shape index (κ1) is 19.3. The Balaban J connectivity index is 1.60. The maximum absolute atomic E-state index is 14.4. The highest BCUT2D eigenvalue weighted by Gasteiger charge is 2.46. The Morgan fingerprint density at radius 2 is 1.90 bits per heavy atom. The van der Waals surface area contributed by atoms with Gasteiger partial charge in [0.15, 0.2) is 0 Å². The van der Waals surface area contributed by atoms with Crippen LogP contribution in [0.1, 0.15) is 29.9 Å². The lowest BCUT2D eigenvalue weighted by Crippen LogP contribution is -2.44. The summed E-state index contributed by atoms with van der Waals surface area (Å²) in [6, 6.07) is 12.5. The Bertz CT molecular complexity index is 960. The van der Waals surface area contributed by atoms with E-state index in [-0.39, 0.29) is 18.1 Å². The van der Waals surface area contributed by atoms with Crippen LogP contribution in [0.5, 0.6) is 0 Å². The zero-order valence-corrected chi connectivity index (χ0v) is 15.8. The maximum atomic E-state index is 14.4. The van der Waals surface area contributed by atoms with E-state index in [1.165, 1.54) is 17.0 Å². The molecule has 1 saturated carbocycles. The number of hydrogen-bond donors (Lipinski definition) is 0. The molecular weight excluding hydrogens is 376 g/mol. The molecule has 2 aromatic rings. The molecule has 0 aromatic heterocycles. The minimum Gasteiger partial charge on any atom is -0.447 e. The number of benzene rings is 2. The van der Waals surface area contributed by atoms with Crippen LogP contribution in [0.4, 0.5) is 13.6 Å². The van der Waals surface area contributed by atoms with Crippen LogP contribution in [0.15, 0.2) is 60.7 Å². The quantitative estimate of drug-likeness (QED) is 0.708. The van der Waals surface area contributed by atoms with Crippen molar-refractivity contribution in [2.45, 2.75) is 31.2 Å². The van der Waals surface area contributed by atoms with E-state index in [4.69, 9.17) is 4.74 Å². The van der Waals surface area contributed by atoms with E-state index in [1.807, 2.05) is 30.3 Å². The number of ether oxygens (including phenoxy) is 1. The van der Waals surface area contributed by atoms with Crippen LogP contribution >= 0.6 is 0 Å². The highest BCUT2D eigenvalue weighted by molar-refractivity contribution is 5.95. The Morgan fingerprint density at radius 3 is 2.62 bits per heavy atom. The molecule has 1 aliphatic heterocycles. The molecule has 1 heterocycles. The van der Waals surface area contributed by atoms with E-state index in [0.29, 0.717) is 19.3 Å². The number of carbonyl (C=O) groups excluding carboxylic acids is 2. The van der Waals surface area contributed by atoms with Crippen LogP contribution in [-0.4, -0.2) is 29.5 Å². The lowest BCUT2D eigenvalue weighted by Gasteiger charge is -2.26. The van der Waals surface area contributed by atoms with Gasteiger partial charge >= 0.3 is 6.09 Å². The van der Waals surface area contributed by atoms with Gasteiger partial charge in [-0.2, -0.15) is 0 Å². The molecule has 2 aliphatic rings. The molecule has 2 aromatic carbocycles. The molecule has 3 atom stereocenters. The summed E-state index contributed by atoms with van der Waals surface area (Å²) < 4.78 is 32.9. The Hall–Kier alpha value is -3.02. The van der Waals surface area contributed by atoms with Crippen LogP contribution in [0, 0.1) is 17.6 Å². The zero-order chi connectivity index (χ0) is 20.5. The van der Waals surface area contributed by atoms with Crippen molar-refractivity contribution in [2.24, 2.45) is 5.92 Å². The van der Waals surface area contributed by atoms with E-state index in [9.17, 15) is 18.4 Å². The summed E-state index contributed by atoms with van der Waals surface area (Å²) in [5.41, 5.74) is 2.07. The van der Waals surface area contributed by atoms with Gasteiger partial charge in [0.2, 0.25) is 5.91 Å². The highest BCUT2D eigenvalue weighted by atomic mass is 19.1. The van der Waals surface area contributed by atoms with Gasteiger partial charge in [0, 0.05) is 17.9 Å². The molecule has 4 rings (SSSR count). The van der Waals surface area contributed by atoms with E-state index in [1.54, 1.807) is 0 Å². The normalized spacial score (nSPS) is 24.1. The lowest BCUT2D eigenvalue weighted by molar-refractivity contribution is -0.133. The van der Waals surface area contributed by atoms with Gasteiger partial charge in [-0.25, -0.2) is 18.5 Å². The molecule has 1 aliphatic carbocycles. The van der Waals surface area contributed by atoms with Gasteiger partial charge in [-0.1, -0.05) is 48.6 Å². The number of amides is 2. The van der Waals surface area contributed by atoms with Crippen molar-refractivity contribution in [3.05, 3.63) is 83.4 Å². The largest absolute Gasteiger partial charge is 0.447 e. The second-order valence-electron chi connectivity index (χ2n) is 7.67. The molecule has 2 amide bonds. The van der Waals surface area contributed by atoms with E-state index < -0.39 is 35.6 Å². The Kier molecular flexibility index (Phi) is 5.18. The SMILES string of the molecule is C=C1C[C@@H](C(=O)N2C(=O)OC[C@@H]2Cc2ccccc2)[C@H](c2ccc(F)cc2F)C1. The van der Waals surface area contributed by atoms with Crippen molar-refractivity contribution >= 4 is 12.0 Å². The smallest absolute Gasteiger partial charge is 0.416 e. The summed E-state index contributed by atoms with van der Waals surface area (Å²) >= 11 is 0. The van der Waals surface area contributed by atoms with Crippen LogP contribution in [0.3, 0.4) is 0 Å². The summed E-state index contributed by atoms with van der Waals surface area (Å²) in [6.07, 6.45) is 0.598. The van der Waals surface area contributed by atoms with Gasteiger partial charge in [-0.05, 0) is 36.5 Å². The summed E-state index contributed by atoms with van der Waals surface area (Å²) in [5, 5.41) is 0. The fourth-order valence-electron chi connectivity index (χ4n) is 4.32. The fourth-order valence-corrected chi connectivity index (χ4v) is 4.32. The highest BCUT2D eigenvalue weighted by Crippen LogP contribution is 2.44. The third kappa shape index (κ3) is 3.79. The average Bonchev–Trinajstić information content (AvgIpc) is 3.25. The number of rotatable bonds is 4. The summed E-state index contributed by atoms with van der Waals surface area (Å²) in [6.45, 7) is 4.09. The number of nitrogens with zero attached hydrogens (tertiary/aromatic N) is 1. The number of carbonyl (C=O) groups is 2. The molecule has 0 radical (unpaired) electrons. The topological polar surface area (TPSA) is 46.6 Å². The first-order valence-corrected chi connectivity index (χ1v) is 9.59. The lowest BCUT2D eigenvalue weighted by atomic mass is 9.87. The fraction of sp³-hybridized carbons (Fsp3) is 0.304. The van der Waals surface area contributed by atoms with E-state index in [2.05, 4.69) is 6.58 Å². The van der Waals surface area contributed by atoms with Gasteiger partial charge in [0.05, 0.1) is 6.04 Å². The molecule has 0 N–H and O–H groups in total. The van der Waals surface area contributed by atoms with Crippen molar-refractivity contribution < 1.29 is 23.1 Å². The molecule has 0 unspecified atom stereocenters. The number of allylic oxidation sites excluding steroid dienone is 1. The zero-order valence-electron chi connectivity index (χ0n) is 15.8. The van der Waals surface area contributed by atoms with E-state index in [0.717, 1.165) is 17.2 Å². The molecule has 0 bridgehead atoms. The second kappa shape index (κ2) is 7.78. The summed E-state index contributed by atoms with van der Waals surface area (Å²) in [7, 11) is 0. The molecule has 0 spiro atoms. The number of hydrogen-bond acceptors (Lipinski definition) is 3. The third-order valence-corrected chi connectivity index (χ3v) is 5.69. The molecule has 4 nitrogen and oxygen atoms in total. The predicted molar refractivity (Wildman–Crippen MR) is 103 cm³/mol. The van der Waals surface area contributed by atoms with Gasteiger partial charge < -0.3 is 4.74 Å². The first-order valence-electron chi connectivity index (χ1n) is 9.59. The average molecular weight is 397 g/mol. The number of cyclic esters (lactones) is 1. The van der Waals surface area contributed by atoms with Crippen LogP contribution in [0.25, 0.3) is 0 Å². The standard InChI is InChI=1S/C23H21F2NO3/c1-14-9-19(18-8-7-16(24)12-21(18)25)20(10-14)22(27)26-17(13-29-23(26)28)11-15-5-3-2-4-6-15/h2-8,12,17,19-20H,1,9-11,13H2/t17-,19-,20+/m0/s1. The van der Waals surface area contributed by atoms with Crippen molar-refractivity contribution in [1.82, 2.24) is 4.90 Å². The second-order valence-corrected chi connectivity index (χ2v) is 7.67. The van der Waals surface area contributed by atoms with Crippen molar-refractivity contribution in [2.75, 3.05) is 6.61 Å².